The smallest absolute Gasteiger partial charge is 0.304 e. The average molecular weight is 534 g/mol. The molecule has 1 heterocycles. The molecule has 2 atom stereocenters. The van der Waals surface area contributed by atoms with Gasteiger partial charge in [-0.15, -0.1) is 0 Å². The predicted molar refractivity (Wildman–Crippen MR) is 150 cm³/mol. The Morgan fingerprint density at radius 1 is 1.18 bits per heavy atom. The van der Waals surface area contributed by atoms with Gasteiger partial charge in [-0.1, -0.05) is 30.9 Å². The number of aryl methyl sites for hydroxylation is 2. The fourth-order valence-electron chi connectivity index (χ4n) is 5.47. The van der Waals surface area contributed by atoms with Gasteiger partial charge in [-0.05, 0) is 79.5 Å². The molecule has 2 aromatic rings. The summed E-state index contributed by atoms with van der Waals surface area (Å²) in [4.78, 5) is 22.3. The van der Waals surface area contributed by atoms with Crippen LogP contribution in [-0.2, 0) is 16.0 Å². The Hall–Kier alpha value is -3.87. The molecule has 0 fully saturated rings. The standard InChI is InChI=1S/C32H36FNO5/c1-19-14-23(12-13-34-22(4)35)15-20(2)32(19)24-6-5-7-29(21(3)28(33)11-8-24)39-26-9-10-27-25(16-31(36)37)18-38-30(27)17-26/h8-11,14-15,17,25,29H,3,5-7,12-13,16,18H2,1-2,4H3,(H,34,35)(H,36,37)/b24-8+,28-11+/t25-,29-/m1/s1. The van der Waals surface area contributed by atoms with E-state index in [4.69, 9.17) is 14.6 Å². The zero-order valence-electron chi connectivity index (χ0n) is 22.8. The maximum absolute atomic E-state index is 15.2. The lowest BCUT2D eigenvalue weighted by molar-refractivity contribution is -0.137. The fourth-order valence-corrected chi connectivity index (χ4v) is 5.47. The van der Waals surface area contributed by atoms with E-state index in [9.17, 15) is 9.59 Å². The number of hydrogen-bond acceptors (Lipinski definition) is 4. The summed E-state index contributed by atoms with van der Waals surface area (Å²) in [6.45, 7) is 10.6. The molecule has 2 N–H and O–H groups in total. The van der Waals surface area contributed by atoms with Crippen LogP contribution in [0.1, 0.15) is 66.3 Å². The SMILES string of the molecule is C=C1/C(F)=C\C=C(\c2c(C)cc(CCNC(C)=O)cc2C)CCC[C@H]1Oc1ccc2c(c1)OC[C@H]2CC(=O)O. The minimum Gasteiger partial charge on any atom is -0.492 e. The number of carboxylic acids is 1. The first kappa shape index (κ1) is 28.1. The molecule has 2 aromatic carbocycles. The summed E-state index contributed by atoms with van der Waals surface area (Å²) in [6.07, 6.45) is 5.67. The van der Waals surface area contributed by atoms with Crippen LogP contribution in [0.15, 0.2) is 60.5 Å². The van der Waals surface area contributed by atoms with Crippen molar-refractivity contribution >= 4 is 17.4 Å². The average Bonchev–Trinajstić information content (AvgIpc) is 3.27. The number of nitrogens with one attached hydrogen (secondary N) is 1. The highest BCUT2D eigenvalue weighted by Gasteiger charge is 2.28. The third kappa shape index (κ3) is 6.96. The number of rotatable bonds is 8. The summed E-state index contributed by atoms with van der Waals surface area (Å²) in [5.74, 6) is -0.355. The number of amides is 1. The van der Waals surface area contributed by atoms with Crippen LogP contribution >= 0.6 is 0 Å². The first-order chi connectivity index (χ1) is 18.6. The van der Waals surface area contributed by atoms with E-state index in [-0.39, 0.29) is 18.2 Å². The number of halogens is 1. The molecule has 0 saturated carbocycles. The second-order valence-corrected chi connectivity index (χ2v) is 10.4. The van der Waals surface area contributed by atoms with Gasteiger partial charge >= 0.3 is 5.97 Å². The van der Waals surface area contributed by atoms with Crippen LogP contribution in [0.2, 0.25) is 0 Å². The van der Waals surface area contributed by atoms with Gasteiger partial charge in [0.25, 0.3) is 0 Å². The zero-order chi connectivity index (χ0) is 28.1. The van der Waals surface area contributed by atoms with E-state index in [1.54, 1.807) is 12.1 Å². The van der Waals surface area contributed by atoms with Gasteiger partial charge in [-0.25, -0.2) is 4.39 Å². The van der Waals surface area contributed by atoms with Crippen molar-refractivity contribution in [2.45, 2.75) is 64.9 Å². The van der Waals surface area contributed by atoms with Crippen molar-refractivity contribution in [1.29, 1.82) is 0 Å². The maximum atomic E-state index is 15.2. The topological polar surface area (TPSA) is 84.9 Å². The van der Waals surface area contributed by atoms with Crippen LogP contribution in [0.4, 0.5) is 4.39 Å². The number of ether oxygens (including phenoxy) is 2. The number of carboxylic acid groups (broad SMARTS) is 1. The molecule has 0 radical (unpaired) electrons. The first-order valence-electron chi connectivity index (χ1n) is 13.4. The molecule has 2 aliphatic rings. The van der Waals surface area contributed by atoms with Crippen molar-refractivity contribution in [2.24, 2.45) is 0 Å². The van der Waals surface area contributed by atoms with Crippen molar-refractivity contribution in [3.05, 3.63) is 88.3 Å². The largest absolute Gasteiger partial charge is 0.492 e. The van der Waals surface area contributed by atoms with E-state index >= 15 is 4.39 Å². The number of hydrogen-bond donors (Lipinski definition) is 2. The molecule has 6 nitrogen and oxygen atoms in total. The lowest BCUT2D eigenvalue weighted by atomic mass is 9.89. The van der Waals surface area contributed by atoms with Crippen molar-refractivity contribution < 1.29 is 28.6 Å². The molecule has 0 saturated heterocycles. The Morgan fingerprint density at radius 3 is 2.62 bits per heavy atom. The molecule has 206 valence electrons. The molecule has 0 bridgehead atoms. The third-order valence-corrected chi connectivity index (χ3v) is 7.30. The number of aliphatic carboxylic acids is 1. The van der Waals surface area contributed by atoms with E-state index in [0.29, 0.717) is 36.6 Å². The highest BCUT2D eigenvalue weighted by molar-refractivity contribution is 5.73. The highest BCUT2D eigenvalue weighted by Crippen LogP contribution is 2.39. The van der Waals surface area contributed by atoms with Gasteiger partial charge in [-0.2, -0.15) is 0 Å². The number of allylic oxidation sites excluding steroid dienone is 3. The van der Waals surface area contributed by atoms with Gasteiger partial charge in [0.15, 0.2) is 0 Å². The van der Waals surface area contributed by atoms with Gasteiger partial charge in [-0.3, -0.25) is 9.59 Å². The number of carbonyl (C=O) groups excluding carboxylic acids is 1. The lowest BCUT2D eigenvalue weighted by Gasteiger charge is -2.21. The van der Waals surface area contributed by atoms with E-state index in [2.05, 4.69) is 37.9 Å². The van der Waals surface area contributed by atoms with Gasteiger partial charge in [0, 0.05) is 36.6 Å². The summed E-state index contributed by atoms with van der Waals surface area (Å²) >= 11 is 0. The fraction of sp³-hybridized carbons (Fsp3) is 0.375. The second-order valence-electron chi connectivity index (χ2n) is 10.4. The monoisotopic (exact) mass is 533 g/mol. The zero-order valence-corrected chi connectivity index (χ0v) is 22.8. The maximum Gasteiger partial charge on any atom is 0.304 e. The molecule has 39 heavy (non-hydrogen) atoms. The van der Waals surface area contributed by atoms with Crippen LogP contribution < -0.4 is 14.8 Å². The van der Waals surface area contributed by atoms with Gasteiger partial charge < -0.3 is 19.9 Å². The Balaban J connectivity index is 1.47. The molecule has 7 heteroatoms. The molecule has 4 rings (SSSR count). The molecule has 0 aromatic heterocycles. The molecule has 0 unspecified atom stereocenters. The summed E-state index contributed by atoms with van der Waals surface area (Å²) in [7, 11) is 0. The van der Waals surface area contributed by atoms with Crippen LogP contribution in [0.3, 0.4) is 0 Å². The number of benzene rings is 2. The Labute approximate surface area is 229 Å². The third-order valence-electron chi connectivity index (χ3n) is 7.30. The summed E-state index contributed by atoms with van der Waals surface area (Å²) < 4.78 is 27.1. The van der Waals surface area contributed by atoms with E-state index < -0.39 is 17.9 Å². The summed E-state index contributed by atoms with van der Waals surface area (Å²) in [5, 5.41) is 12.0. The molecule has 0 spiro atoms. The number of carbonyl (C=O) groups is 2. The van der Waals surface area contributed by atoms with Crippen molar-refractivity contribution in [1.82, 2.24) is 5.32 Å². The quantitative estimate of drug-likeness (QED) is 0.413. The lowest BCUT2D eigenvalue weighted by Crippen LogP contribution is -2.22. The molecule has 1 amide bonds. The van der Waals surface area contributed by atoms with Gasteiger partial charge in [0.2, 0.25) is 5.91 Å². The second kappa shape index (κ2) is 12.3. The Morgan fingerprint density at radius 2 is 1.92 bits per heavy atom. The van der Waals surface area contributed by atoms with Crippen LogP contribution in [0.5, 0.6) is 11.5 Å². The minimum atomic E-state index is -0.864. The molecule has 1 aliphatic heterocycles. The normalized spacial score (nSPS) is 21.7. The molecular weight excluding hydrogens is 497 g/mol. The van der Waals surface area contributed by atoms with Crippen LogP contribution in [0, 0.1) is 13.8 Å². The van der Waals surface area contributed by atoms with E-state index in [1.807, 2.05) is 12.1 Å². The van der Waals surface area contributed by atoms with Gasteiger partial charge in [0.1, 0.15) is 23.4 Å². The number of fused-ring (bicyclic) bond motifs is 1. The van der Waals surface area contributed by atoms with Crippen molar-refractivity contribution in [3.8, 4) is 11.5 Å². The van der Waals surface area contributed by atoms with Crippen LogP contribution in [0.25, 0.3) is 5.57 Å². The van der Waals surface area contributed by atoms with Crippen molar-refractivity contribution in [2.75, 3.05) is 13.2 Å². The molecule has 1 aliphatic carbocycles. The van der Waals surface area contributed by atoms with E-state index in [0.717, 1.165) is 52.7 Å². The summed E-state index contributed by atoms with van der Waals surface area (Å²) in [6, 6.07) is 9.65. The Bertz CT molecular complexity index is 1320. The molecular formula is C32H36FNO5. The van der Waals surface area contributed by atoms with E-state index in [1.165, 1.54) is 13.0 Å². The predicted octanol–water partition coefficient (Wildman–Crippen LogP) is 6.36. The van der Waals surface area contributed by atoms with Gasteiger partial charge in [0.05, 0.1) is 13.0 Å². The van der Waals surface area contributed by atoms with Crippen LogP contribution in [-0.4, -0.2) is 36.2 Å². The summed E-state index contributed by atoms with van der Waals surface area (Å²) in [5.41, 5.74) is 6.74. The minimum absolute atomic E-state index is 0.0106. The highest BCUT2D eigenvalue weighted by atomic mass is 19.1. The Kier molecular flexibility index (Phi) is 8.90. The first-order valence-corrected chi connectivity index (χ1v) is 13.4. The van der Waals surface area contributed by atoms with Crippen molar-refractivity contribution in [3.63, 3.8) is 0 Å².